The molecule has 2 heterocycles. The largest absolute Gasteiger partial charge is 0.478 e. The SMILES string of the molecule is COC(=O)c1cc(Cl)ccc1Cc1ccc2[nH]ccc2c1.CS(=O)(=O)c1ccccc1-n1ccc2cc(Cc3ccc(Cl)cc3C(=O)O)ccc21. The molecule has 0 radical (unpaired) electrons. The summed E-state index contributed by atoms with van der Waals surface area (Å²) >= 11 is 11.9. The molecule has 51 heavy (non-hydrogen) atoms. The number of benzene rings is 5. The van der Waals surface area contributed by atoms with Crippen molar-refractivity contribution in [2.24, 2.45) is 0 Å². The summed E-state index contributed by atoms with van der Waals surface area (Å²) in [5, 5.41) is 12.4. The summed E-state index contributed by atoms with van der Waals surface area (Å²) in [6.07, 6.45) is 6.05. The number of carboxylic acid groups (broad SMARTS) is 1. The van der Waals surface area contributed by atoms with Gasteiger partial charge in [-0.2, -0.15) is 0 Å². The molecule has 0 saturated heterocycles. The fourth-order valence-corrected chi connectivity index (χ4v) is 7.26. The Morgan fingerprint density at radius 2 is 1.39 bits per heavy atom. The lowest BCUT2D eigenvalue weighted by molar-refractivity contribution is 0.0598. The maximum Gasteiger partial charge on any atom is 0.338 e. The van der Waals surface area contributed by atoms with Crippen LogP contribution in [0.2, 0.25) is 10.0 Å². The zero-order chi connectivity index (χ0) is 36.3. The van der Waals surface area contributed by atoms with E-state index in [-0.39, 0.29) is 16.4 Å². The number of esters is 1. The van der Waals surface area contributed by atoms with Gasteiger partial charge in [-0.25, -0.2) is 18.0 Å². The molecule has 0 atom stereocenters. The van der Waals surface area contributed by atoms with Gasteiger partial charge in [0, 0.05) is 39.6 Å². The number of carbonyl (C=O) groups is 2. The molecule has 0 spiro atoms. The average molecular weight is 740 g/mol. The van der Waals surface area contributed by atoms with E-state index in [0.29, 0.717) is 39.7 Å². The minimum Gasteiger partial charge on any atom is -0.478 e. The summed E-state index contributed by atoms with van der Waals surface area (Å²) in [4.78, 5) is 26.8. The Bertz CT molecular complexity index is 2540. The number of carboxylic acids is 1. The predicted octanol–water partition coefficient (Wildman–Crippen LogP) is 9.18. The van der Waals surface area contributed by atoms with Gasteiger partial charge in [-0.15, -0.1) is 0 Å². The molecule has 0 bridgehead atoms. The Hall–Kier alpha value is -5.35. The summed E-state index contributed by atoms with van der Waals surface area (Å²) in [7, 11) is -2.01. The summed E-state index contributed by atoms with van der Waals surface area (Å²) in [5.74, 6) is -1.38. The van der Waals surface area contributed by atoms with E-state index in [0.717, 1.165) is 38.5 Å². The number of ether oxygens (including phenoxy) is 1. The number of fused-ring (bicyclic) bond motifs is 2. The Morgan fingerprint density at radius 1 is 0.765 bits per heavy atom. The van der Waals surface area contributed by atoms with Gasteiger partial charge in [0.25, 0.3) is 0 Å². The molecule has 7 aromatic rings. The number of carbonyl (C=O) groups excluding carboxylic acids is 1. The number of rotatable bonds is 8. The summed E-state index contributed by atoms with van der Waals surface area (Å²) in [6, 6.07) is 33.0. The minimum atomic E-state index is -3.38. The van der Waals surface area contributed by atoms with E-state index < -0.39 is 15.8 Å². The van der Waals surface area contributed by atoms with Crippen LogP contribution in [0.1, 0.15) is 43.0 Å². The zero-order valence-corrected chi connectivity index (χ0v) is 29.9. The monoisotopic (exact) mass is 738 g/mol. The van der Waals surface area contributed by atoms with Crippen molar-refractivity contribution in [1.82, 2.24) is 9.55 Å². The van der Waals surface area contributed by atoms with Gasteiger partial charge in [-0.1, -0.05) is 59.6 Å². The molecular formula is C40H32Cl2N2O6S. The molecule has 0 unspecified atom stereocenters. The first-order valence-corrected chi connectivity index (χ1v) is 18.4. The van der Waals surface area contributed by atoms with Crippen molar-refractivity contribution in [2.45, 2.75) is 17.7 Å². The van der Waals surface area contributed by atoms with Crippen molar-refractivity contribution in [3.63, 3.8) is 0 Å². The number of H-pyrrole nitrogens is 1. The van der Waals surface area contributed by atoms with Crippen LogP contribution in [0.3, 0.4) is 0 Å². The highest BCUT2D eigenvalue weighted by atomic mass is 35.5. The number of nitrogens with zero attached hydrogens (tertiary/aromatic N) is 1. The highest BCUT2D eigenvalue weighted by Gasteiger charge is 2.17. The molecule has 0 amide bonds. The molecule has 11 heteroatoms. The highest BCUT2D eigenvalue weighted by molar-refractivity contribution is 7.90. The molecule has 8 nitrogen and oxygen atoms in total. The first-order chi connectivity index (χ1) is 24.4. The Morgan fingerprint density at radius 3 is 2.06 bits per heavy atom. The van der Waals surface area contributed by atoms with Gasteiger partial charge in [0.15, 0.2) is 9.84 Å². The molecular weight excluding hydrogens is 707 g/mol. The average Bonchev–Trinajstić information content (AvgIpc) is 3.76. The number of nitrogens with one attached hydrogen (secondary N) is 1. The third kappa shape index (κ3) is 8.02. The van der Waals surface area contributed by atoms with E-state index in [1.165, 1.54) is 19.4 Å². The van der Waals surface area contributed by atoms with Gasteiger partial charge in [0.1, 0.15) is 0 Å². The van der Waals surface area contributed by atoms with Gasteiger partial charge < -0.3 is 19.4 Å². The van der Waals surface area contributed by atoms with Crippen LogP contribution in [0.4, 0.5) is 0 Å². The maximum absolute atomic E-state index is 12.2. The Kier molecular flexibility index (Phi) is 10.3. The van der Waals surface area contributed by atoms with Crippen LogP contribution in [0.5, 0.6) is 0 Å². The topological polar surface area (TPSA) is 118 Å². The fourth-order valence-electron chi connectivity index (χ4n) is 6.04. The van der Waals surface area contributed by atoms with Gasteiger partial charge >= 0.3 is 11.9 Å². The lowest BCUT2D eigenvalue weighted by atomic mass is 9.99. The lowest BCUT2D eigenvalue weighted by Gasteiger charge is -2.11. The second-order valence-corrected chi connectivity index (χ2v) is 14.8. The smallest absolute Gasteiger partial charge is 0.338 e. The summed E-state index contributed by atoms with van der Waals surface area (Å²) < 4.78 is 31.0. The number of para-hydroxylation sites is 1. The van der Waals surface area contributed by atoms with Gasteiger partial charge in [0.05, 0.1) is 34.3 Å². The molecule has 7 rings (SSSR count). The number of aromatic carboxylic acids is 1. The van der Waals surface area contributed by atoms with Crippen molar-refractivity contribution >= 4 is 66.8 Å². The number of aromatic amines is 1. The Balaban J connectivity index is 0.000000187. The summed E-state index contributed by atoms with van der Waals surface area (Å²) in [6.45, 7) is 0. The number of hydrogen-bond donors (Lipinski definition) is 2. The summed E-state index contributed by atoms with van der Waals surface area (Å²) in [5.41, 5.74) is 6.91. The molecule has 0 fully saturated rings. The van der Waals surface area contributed by atoms with Crippen LogP contribution in [0.15, 0.2) is 126 Å². The van der Waals surface area contributed by atoms with Crippen molar-refractivity contribution in [3.05, 3.63) is 165 Å². The number of methoxy groups -OCH3 is 1. The van der Waals surface area contributed by atoms with Crippen molar-refractivity contribution < 1.29 is 27.9 Å². The van der Waals surface area contributed by atoms with E-state index in [2.05, 4.69) is 17.1 Å². The van der Waals surface area contributed by atoms with Crippen molar-refractivity contribution in [2.75, 3.05) is 13.4 Å². The van der Waals surface area contributed by atoms with Crippen LogP contribution >= 0.6 is 23.2 Å². The Labute approximate surface area is 304 Å². The van der Waals surface area contributed by atoms with E-state index >= 15 is 0 Å². The van der Waals surface area contributed by atoms with Crippen LogP contribution in [0.25, 0.3) is 27.5 Å². The van der Waals surface area contributed by atoms with Gasteiger partial charge in [0.2, 0.25) is 0 Å². The predicted molar refractivity (Wildman–Crippen MR) is 201 cm³/mol. The fraction of sp³-hybridized carbons (Fsp3) is 0.100. The van der Waals surface area contributed by atoms with Crippen molar-refractivity contribution in [1.29, 1.82) is 0 Å². The molecule has 0 aliphatic carbocycles. The van der Waals surface area contributed by atoms with Gasteiger partial charge in [-0.05, 0) is 113 Å². The number of hydrogen-bond acceptors (Lipinski definition) is 5. The van der Waals surface area contributed by atoms with Crippen LogP contribution < -0.4 is 0 Å². The van der Waals surface area contributed by atoms with Crippen LogP contribution in [-0.4, -0.2) is 48.4 Å². The quantitative estimate of drug-likeness (QED) is 0.150. The normalized spacial score (nSPS) is 11.3. The molecule has 2 aromatic heterocycles. The molecule has 0 saturated carbocycles. The van der Waals surface area contributed by atoms with Crippen LogP contribution in [0, 0.1) is 0 Å². The minimum absolute atomic E-state index is 0.183. The van der Waals surface area contributed by atoms with Gasteiger partial charge in [-0.3, -0.25) is 0 Å². The van der Waals surface area contributed by atoms with Crippen molar-refractivity contribution in [3.8, 4) is 5.69 Å². The number of halogens is 2. The molecule has 2 N–H and O–H groups in total. The molecule has 258 valence electrons. The molecule has 0 aliphatic rings. The zero-order valence-electron chi connectivity index (χ0n) is 27.6. The third-order valence-corrected chi connectivity index (χ3v) is 10.1. The molecule has 5 aromatic carbocycles. The van der Waals surface area contributed by atoms with Crippen LogP contribution in [-0.2, 0) is 27.4 Å². The van der Waals surface area contributed by atoms with E-state index in [1.807, 2.05) is 59.4 Å². The highest BCUT2D eigenvalue weighted by Crippen LogP contribution is 2.28. The standard InChI is InChI=1S/C23H18ClNO4S.C17H14ClNO2/c1-30(28,29)22-5-3-2-4-21(22)25-11-10-17-13-15(6-9-20(17)25)12-16-7-8-18(24)14-19(16)23(26)27;1-21-17(20)15-10-14(18)4-3-12(15)8-11-2-5-16-13(9-11)6-7-19-16/h2-11,13-14H,12H2,1H3,(H,26,27);2-7,9-10,19H,8H2,1H3. The van der Waals surface area contributed by atoms with E-state index in [1.54, 1.807) is 48.5 Å². The third-order valence-electron chi connectivity index (χ3n) is 8.47. The maximum atomic E-state index is 12.2. The van der Waals surface area contributed by atoms with E-state index in [4.69, 9.17) is 27.9 Å². The second-order valence-electron chi connectivity index (χ2n) is 12.0. The molecule has 0 aliphatic heterocycles. The lowest BCUT2D eigenvalue weighted by Crippen LogP contribution is -2.06. The van der Waals surface area contributed by atoms with E-state index in [9.17, 15) is 23.1 Å². The first-order valence-electron chi connectivity index (χ1n) is 15.7. The number of aromatic nitrogens is 2. The first kappa shape index (κ1) is 35.5. The second kappa shape index (κ2) is 14.9. The number of sulfone groups is 1.